The normalized spacial score (nSPS) is 13.0. The molecule has 0 aliphatic carbocycles. The van der Waals surface area contributed by atoms with Crippen molar-refractivity contribution >= 4 is 15.9 Å². The Labute approximate surface area is 132 Å². The molecule has 0 unspecified atom stereocenters. The lowest BCUT2D eigenvalue weighted by molar-refractivity contribution is 0.578. The molecule has 2 aromatic carbocycles. The first kappa shape index (κ1) is 16.2. The average Bonchev–Trinajstić information content (AvgIpc) is 2.47. The first-order chi connectivity index (χ1) is 10.3. The Morgan fingerprint density at radius 1 is 0.909 bits per heavy atom. The van der Waals surface area contributed by atoms with Crippen LogP contribution in [0.25, 0.3) is 0 Å². The van der Waals surface area contributed by atoms with E-state index in [-0.39, 0.29) is 4.90 Å². The minimum absolute atomic E-state index is 0.215. The van der Waals surface area contributed by atoms with Crippen LogP contribution in [0, 0.1) is 0 Å². The molecule has 22 heavy (non-hydrogen) atoms. The molecule has 0 spiro atoms. The molecule has 0 aliphatic rings. The molecule has 0 atom stereocenters. The van der Waals surface area contributed by atoms with Crippen molar-refractivity contribution in [2.75, 3.05) is 0 Å². The standard InChI is InChI=1S/C17H20N2O2S/c1-17(2,3)18-16(14-10-6-4-7-11-14)19-22(20,21)15-12-8-5-9-13-15/h4-13H,1-3H3,(H,18,19). The van der Waals surface area contributed by atoms with Crippen LogP contribution in [-0.2, 0) is 10.0 Å². The van der Waals surface area contributed by atoms with E-state index in [1.807, 2.05) is 51.1 Å². The molecule has 2 aromatic rings. The Morgan fingerprint density at radius 3 is 1.91 bits per heavy atom. The molecule has 0 saturated heterocycles. The summed E-state index contributed by atoms with van der Waals surface area (Å²) in [6.07, 6.45) is 0. The highest BCUT2D eigenvalue weighted by atomic mass is 32.2. The third-order valence-corrected chi connectivity index (χ3v) is 4.13. The van der Waals surface area contributed by atoms with Crippen LogP contribution in [-0.4, -0.2) is 19.8 Å². The van der Waals surface area contributed by atoms with Crippen molar-refractivity contribution in [3.05, 3.63) is 66.2 Å². The summed E-state index contributed by atoms with van der Waals surface area (Å²) >= 11 is 0. The van der Waals surface area contributed by atoms with Crippen LogP contribution in [0.15, 0.2) is 70.6 Å². The van der Waals surface area contributed by atoms with Crippen LogP contribution in [0.1, 0.15) is 26.3 Å². The summed E-state index contributed by atoms with van der Waals surface area (Å²) in [4.78, 5) is 4.73. The summed E-state index contributed by atoms with van der Waals surface area (Å²) in [6, 6.07) is 17.5. The second kappa shape index (κ2) is 6.32. The van der Waals surface area contributed by atoms with Gasteiger partial charge < -0.3 is 0 Å². The van der Waals surface area contributed by atoms with E-state index >= 15 is 0 Å². The Morgan fingerprint density at radius 2 is 1.41 bits per heavy atom. The molecule has 2 rings (SSSR count). The minimum Gasteiger partial charge on any atom is -0.263 e. The average molecular weight is 316 g/mol. The van der Waals surface area contributed by atoms with Crippen molar-refractivity contribution < 1.29 is 8.42 Å². The maximum atomic E-state index is 12.5. The molecule has 0 aromatic heterocycles. The lowest BCUT2D eigenvalue weighted by Gasteiger charge is -2.17. The largest absolute Gasteiger partial charge is 0.263 e. The number of amidine groups is 1. The predicted octanol–water partition coefficient (Wildman–Crippen LogP) is 3.21. The first-order valence-electron chi connectivity index (χ1n) is 7.01. The maximum absolute atomic E-state index is 12.5. The van der Waals surface area contributed by atoms with Gasteiger partial charge in [-0.15, -0.1) is 0 Å². The SMILES string of the molecule is CC(C)(C)N=C(NS(=O)(=O)c1ccccc1)c1ccccc1. The van der Waals surface area contributed by atoms with Crippen molar-refractivity contribution in [3.8, 4) is 0 Å². The van der Waals surface area contributed by atoms with Gasteiger partial charge in [0.05, 0.1) is 10.4 Å². The Balaban J connectivity index is 2.42. The molecule has 0 radical (unpaired) electrons. The van der Waals surface area contributed by atoms with Gasteiger partial charge in [-0.2, -0.15) is 0 Å². The van der Waals surface area contributed by atoms with Gasteiger partial charge in [0.2, 0.25) is 0 Å². The van der Waals surface area contributed by atoms with E-state index in [9.17, 15) is 8.42 Å². The zero-order valence-electron chi connectivity index (χ0n) is 12.9. The van der Waals surface area contributed by atoms with Gasteiger partial charge in [0.1, 0.15) is 5.84 Å². The fourth-order valence-electron chi connectivity index (χ4n) is 1.86. The molecule has 5 heteroatoms. The molecule has 0 heterocycles. The summed E-state index contributed by atoms with van der Waals surface area (Å²) in [7, 11) is -3.66. The highest BCUT2D eigenvalue weighted by Gasteiger charge is 2.19. The summed E-state index contributed by atoms with van der Waals surface area (Å²) < 4.78 is 27.6. The van der Waals surface area contributed by atoms with Crippen molar-refractivity contribution in [1.29, 1.82) is 0 Å². The van der Waals surface area contributed by atoms with Gasteiger partial charge in [-0.05, 0) is 32.9 Å². The zero-order valence-corrected chi connectivity index (χ0v) is 13.8. The van der Waals surface area contributed by atoms with Crippen LogP contribution in [0.3, 0.4) is 0 Å². The molecule has 1 N–H and O–H groups in total. The van der Waals surface area contributed by atoms with E-state index in [0.29, 0.717) is 5.84 Å². The number of rotatable bonds is 3. The van der Waals surface area contributed by atoms with Gasteiger partial charge in [0.25, 0.3) is 10.0 Å². The monoisotopic (exact) mass is 316 g/mol. The molecular formula is C17H20N2O2S. The van der Waals surface area contributed by atoms with Gasteiger partial charge in [0.15, 0.2) is 0 Å². The fraction of sp³-hybridized carbons (Fsp3) is 0.235. The van der Waals surface area contributed by atoms with Crippen molar-refractivity contribution in [2.45, 2.75) is 31.2 Å². The second-order valence-electron chi connectivity index (χ2n) is 5.92. The van der Waals surface area contributed by atoms with E-state index in [0.717, 1.165) is 5.56 Å². The van der Waals surface area contributed by atoms with Crippen LogP contribution >= 0.6 is 0 Å². The molecule has 116 valence electrons. The number of aliphatic imine (C=N–C) groups is 1. The van der Waals surface area contributed by atoms with E-state index in [4.69, 9.17) is 0 Å². The van der Waals surface area contributed by atoms with E-state index in [1.165, 1.54) is 0 Å². The molecular weight excluding hydrogens is 296 g/mol. The lowest BCUT2D eigenvalue weighted by Crippen LogP contribution is -2.33. The quantitative estimate of drug-likeness (QED) is 0.698. The van der Waals surface area contributed by atoms with Crippen molar-refractivity contribution in [1.82, 2.24) is 4.72 Å². The van der Waals surface area contributed by atoms with Crippen LogP contribution in [0.2, 0.25) is 0 Å². The Bertz CT molecular complexity index is 746. The van der Waals surface area contributed by atoms with Gasteiger partial charge in [-0.3, -0.25) is 9.71 Å². The van der Waals surface area contributed by atoms with Gasteiger partial charge in [-0.1, -0.05) is 48.5 Å². The molecule has 0 aliphatic heterocycles. The summed E-state index contributed by atoms with van der Waals surface area (Å²) in [5.74, 6) is 0.344. The van der Waals surface area contributed by atoms with Gasteiger partial charge in [-0.25, -0.2) is 8.42 Å². The smallest absolute Gasteiger partial charge is 0.263 e. The number of benzene rings is 2. The Kier molecular flexibility index (Phi) is 4.66. The Hall–Kier alpha value is -2.14. The predicted molar refractivity (Wildman–Crippen MR) is 89.5 cm³/mol. The molecule has 4 nitrogen and oxygen atoms in total. The van der Waals surface area contributed by atoms with E-state index in [1.54, 1.807) is 30.3 Å². The molecule has 0 fully saturated rings. The second-order valence-corrected chi connectivity index (χ2v) is 7.60. The topological polar surface area (TPSA) is 58.5 Å². The fourth-order valence-corrected chi connectivity index (χ4v) is 2.91. The maximum Gasteiger partial charge on any atom is 0.263 e. The first-order valence-corrected chi connectivity index (χ1v) is 8.49. The summed E-state index contributed by atoms with van der Waals surface area (Å²) in [6.45, 7) is 5.77. The number of nitrogens with zero attached hydrogens (tertiary/aromatic N) is 1. The number of hydrogen-bond acceptors (Lipinski definition) is 3. The molecule has 0 amide bonds. The molecule has 0 saturated carbocycles. The number of sulfonamides is 1. The van der Waals surface area contributed by atoms with Crippen LogP contribution < -0.4 is 4.72 Å². The van der Waals surface area contributed by atoms with Crippen LogP contribution in [0.5, 0.6) is 0 Å². The highest BCUT2D eigenvalue weighted by molar-refractivity contribution is 7.90. The van der Waals surface area contributed by atoms with Crippen LogP contribution in [0.4, 0.5) is 0 Å². The minimum atomic E-state index is -3.66. The molecule has 0 bridgehead atoms. The van der Waals surface area contributed by atoms with E-state index < -0.39 is 15.6 Å². The summed E-state index contributed by atoms with van der Waals surface area (Å²) in [5, 5.41) is 0. The van der Waals surface area contributed by atoms with Crippen molar-refractivity contribution in [3.63, 3.8) is 0 Å². The zero-order chi connectivity index (χ0) is 16.2. The van der Waals surface area contributed by atoms with E-state index in [2.05, 4.69) is 9.71 Å². The number of hydrogen-bond donors (Lipinski definition) is 1. The third kappa shape index (κ3) is 4.43. The number of nitrogens with one attached hydrogen (secondary N) is 1. The van der Waals surface area contributed by atoms with Gasteiger partial charge in [0, 0.05) is 5.56 Å². The third-order valence-electron chi connectivity index (χ3n) is 2.78. The van der Waals surface area contributed by atoms with Gasteiger partial charge >= 0.3 is 0 Å². The van der Waals surface area contributed by atoms with Crippen molar-refractivity contribution in [2.24, 2.45) is 4.99 Å². The lowest BCUT2D eigenvalue weighted by atomic mass is 10.1. The summed E-state index contributed by atoms with van der Waals surface area (Å²) in [5.41, 5.74) is 0.335. The highest BCUT2D eigenvalue weighted by Crippen LogP contribution is 2.13.